The Kier molecular flexibility index (Phi) is 3.40. The number of carbonyl (C=O) groups excluding carboxylic acids is 1. The number of carbonyl (C=O) groups is 1. The van der Waals surface area contributed by atoms with Gasteiger partial charge < -0.3 is 10.1 Å². The van der Waals surface area contributed by atoms with E-state index in [1.807, 2.05) is 6.07 Å². The molecule has 1 fully saturated rings. The van der Waals surface area contributed by atoms with Crippen LogP contribution in [0.4, 0.5) is 9.18 Å². The molecule has 1 unspecified atom stereocenters. The van der Waals surface area contributed by atoms with Crippen LogP contribution in [-0.4, -0.2) is 11.1 Å². The second-order valence-electron chi connectivity index (χ2n) is 4.41. The molecule has 1 aromatic heterocycles. The van der Waals surface area contributed by atoms with Gasteiger partial charge in [-0.2, -0.15) is 0 Å². The summed E-state index contributed by atoms with van der Waals surface area (Å²) in [6, 6.07) is 7.61. The van der Waals surface area contributed by atoms with E-state index in [9.17, 15) is 9.18 Å². The molecule has 1 N–H and O–H groups in total. The largest absolute Gasteiger partial charge is 0.439 e. The van der Waals surface area contributed by atoms with Crippen LogP contribution in [0.3, 0.4) is 0 Å². The van der Waals surface area contributed by atoms with Gasteiger partial charge in [0.25, 0.3) is 0 Å². The molecule has 0 radical (unpaired) electrons. The fraction of sp³-hybridized carbons (Fsp3) is 0.143. The normalized spacial score (nSPS) is 21.4. The number of halogens is 2. The average molecular weight is 337 g/mol. The number of aromatic nitrogens is 1. The van der Waals surface area contributed by atoms with E-state index in [0.29, 0.717) is 5.56 Å². The monoisotopic (exact) mass is 336 g/mol. The molecule has 2 atom stereocenters. The molecule has 0 saturated carbocycles. The fourth-order valence-corrected chi connectivity index (χ4v) is 2.61. The van der Waals surface area contributed by atoms with Gasteiger partial charge in [0.05, 0.1) is 0 Å². The third kappa shape index (κ3) is 2.38. The highest BCUT2D eigenvalue weighted by Crippen LogP contribution is 2.37. The molecule has 6 heteroatoms. The van der Waals surface area contributed by atoms with E-state index in [4.69, 9.17) is 4.74 Å². The zero-order valence-corrected chi connectivity index (χ0v) is 11.8. The number of pyridine rings is 1. The van der Waals surface area contributed by atoms with Crippen LogP contribution in [0.2, 0.25) is 0 Å². The molecule has 102 valence electrons. The number of nitrogens with zero attached hydrogens (tertiary/aromatic N) is 1. The van der Waals surface area contributed by atoms with Crippen LogP contribution in [0, 0.1) is 5.82 Å². The van der Waals surface area contributed by atoms with Crippen LogP contribution in [-0.2, 0) is 4.74 Å². The molecule has 0 bridgehead atoms. The SMILES string of the molecule is O=C1NC(c2cncc(Br)c2)[C@@H](c2ccccc2F)O1. The summed E-state index contributed by atoms with van der Waals surface area (Å²) in [6.45, 7) is 0. The molecule has 4 nitrogen and oxygen atoms in total. The first-order chi connectivity index (χ1) is 9.65. The summed E-state index contributed by atoms with van der Waals surface area (Å²) in [5.41, 5.74) is 1.09. The lowest BCUT2D eigenvalue weighted by Gasteiger charge is -2.18. The lowest BCUT2D eigenvalue weighted by Crippen LogP contribution is -2.20. The molecule has 0 aliphatic carbocycles. The quantitative estimate of drug-likeness (QED) is 0.912. The Balaban J connectivity index is 2.01. The zero-order chi connectivity index (χ0) is 14.1. The molecule has 2 aromatic rings. The summed E-state index contributed by atoms with van der Waals surface area (Å²) in [5.74, 6) is -0.401. The predicted molar refractivity (Wildman–Crippen MR) is 73.4 cm³/mol. The van der Waals surface area contributed by atoms with Crippen molar-refractivity contribution in [1.82, 2.24) is 10.3 Å². The maximum atomic E-state index is 13.9. The lowest BCUT2D eigenvalue weighted by molar-refractivity contribution is 0.130. The van der Waals surface area contributed by atoms with Crippen LogP contribution in [0.1, 0.15) is 23.3 Å². The predicted octanol–water partition coefficient (Wildman–Crippen LogP) is 3.51. The molecule has 1 aliphatic heterocycles. The number of nitrogens with one attached hydrogen (secondary N) is 1. The van der Waals surface area contributed by atoms with Gasteiger partial charge >= 0.3 is 6.09 Å². The highest BCUT2D eigenvalue weighted by molar-refractivity contribution is 9.10. The van der Waals surface area contributed by atoms with E-state index in [0.717, 1.165) is 10.0 Å². The average Bonchev–Trinajstić information content (AvgIpc) is 2.81. The Morgan fingerprint density at radius 2 is 2.10 bits per heavy atom. The van der Waals surface area contributed by atoms with Crippen LogP contribution >= 0.6 is 15.9 Å². The lowest BCUT2D eigenvalue weighted by atomic mass is 9.97. The van der Waals surface area contributed by atoms with Crippen molar-refractivity contribution in [3.8, 4) is 0 Å². The highest BCUT2D eigenvalue weighted by Gasteiger charge is 2.38. The Morgan fingerprint density at radius 1 is 1.30 bits per heavy atom. The number of amides is 1. The first-order valence-electron chi connectivity index (χ1n) is 5.97. The number of benzene rings is 1. The van der Waals surface area contributed by atoms with Crippen LogP contribution in [0.5, 0.6) is 0 Å². The smallest absolute Gasteiger partial charge is 0.408 e. The van der Waals surface area contributed by atoms with Crippen LogP contribution < -0.4 is 5.32 Å². The Labute approximate surface area is 123 Å². The minimum absolute atomic E-state index is 0.343. The summed E-state index contributed by atoms with van der Waals surface area (Å²) in [4.78, 5) is 15.6. The molecule has 1 aliphatic rings. The minimum Gasteiger partial charge on any atom is -0.439 e. The number of ether oxygens (including phenoxy) is 1. The van der Waals surface area contributed by atoms with Gasteiger partial charge in [-0.25, -0.2) is 9.18 Å². The van der Waals surface area contributed by atoms with Gasteiger partial charge in [-0.15, -0.1) is 0 Å². The molecule has 1 aromatic carbocycles. The first kappa shape index (κ1) is 13.1. The molecule has 2 heterocycles. The van der Waals surface area contributed by atoms with Gasteiger partial charge in [-0.1, -0.05) is 18.2 Å². The van der Waals surface area contributed by atoms with E-state index in [1.165, 1.54) is 6.07 Å². The van der Waals surface area contributed by atoms with Gasteiger partial charge in [-0.05, 0) is 33.6 Å². The number of hydrogen-bond donors (Lipinski definition) is 1. The van der Waals surface area contributed by atoms with Crippen LogP contribution in [0.15, 0.2) is 47.2 Å². The molecule has 0 spiro atoms. The second-order valence-corrected chi connectivity index (χ2v) is 5.32. The summed E-state index contributed by atoms with van der Waals surface area (Å²) < 4.78 is 19.9. The van der Waals surface area contributed by atoms with Crippen molar-refractivity contribution in [2.75, 3.05) is 0 Å². The maximum Gasteiger partial charge on any atom is 0.408 e. The number of cyclic esters (lactones) is 1. The number of hydrogen-bond acceptors (Lipinski definition) is 3. The molecule has 3 rings (SSSR count). The molecule has 1 saturated heterocycles. The Hall–Kier alpha value is -1.95. The second kappa shape index (κ2) is 5.20. The topological polar surface area (TPSA) is 51.2 Å². The molecular weight excluding hydrogens is 327 g/mol. The van der Waals surface area contributed by atoms with Crippen LogP contribution in [0.25, 0.3) is 0 Å². The first-order valence-corrected chi connectivity index (χ1v) is 6.76. The van der Waals surface area contributed by atoms with E-state index in [-0.39, 0.29) is 0 Å². The summed E-state index contributed by atoms with van der Waals surface area (Å²) in [5, 5.41) is 2.68. The zero-order valence-electron chi connectivity index (χ0n) is 10.2. The maximum absolute atomic E-state index is 13.9. The minimum atomic E-state index is -0.709. The van der Waals surface area contributed by atoms with Crippen molar-refractivity contribution >= 4 is 22.0 Å². The van der Waals surface area contributed by atoms with Gasteiger partial charge in [0, 0.05) is 22.4 Å². The van der Waals surface area contributed by atoms with Gasteiger partial charge in [0.1, 0.15) is 11.9 Å². The highest BCUT2D eigenvalue weighted by atomic mass is 79.9. The molecular formula is C14H10BrFN2O2. The molecule has 1 amide bonds. The van der Waals surface area contributed by atoms with Gasteiger partial charge in [-0.3, -0.25) is 4.98 Å². The van der Waals surface area contributed by atoms with E-state index in [1.54, 1.807) is 30.6 Å². The third-order valence-corrected chi connectivity index (χ3v) is 3.54. The van der Waals surface area contributed by atoms with E-state index >= 15 is 0 Å². The van der Waals surface area contributed by atoms with Crippen molar-refractivity contribution in [3.63, 3.8) is 0 Å². The third-order valence-electron chi connectivity index (χ3n) is 3.11. The van der Waals surface area contributed by atoms with Crippen molar-refractivity contribution in [1.29, 1.82) is 0 Å². The van der Waals surface area contributed by atoms with E-state index in [2.05, 4.69) is 26.2 Å². The van der Waals surface area contributed by atoms with E-state index < -0.39 is 24.1 Å². The Morgan fingerprint density at radius 3 is 2.85 bits per heavy atom. The Bertz CT molecular complexity index is 665. The van der Waals surface area contributed by atoms with Gasteiger partial charge in [0.15, 0.2) is 6.10 Å². The summed E-state index contributed by atoms with van der Waals surface area (Å²) >= 11 is 3.32. The van der Waals surface area contributed by atoms with Crippen molar-refractivity contribution in [2.24, 2.45) is 0 Å². The van der Waals surface area contributed by atoms with Crippen molar-refractivity contribution in [2.45, 2.75) is 12.1 Å². The number of rotatable bonds is 2. The van der Waals surface area contributed by atoms with Gasteiger partial charge in [0.2, 0.25) is 0 Å². The summed E-state index contributed by atoms with van der Waals surface area (Å²) in [6.07, 6.45) is 1.99. The summed E-state index contributed by atoms with van der Waals surface area (Å²) in [7, 11) is 0. The fourth-order valence-electron chi connectivity index (χ4n) is 2.23. The number of alkyl carbamates (subject to hydrolysis) is 1. The van der Waals surface area contributed by atoms with Crippen molar-refractivity contribution in [3.05, 3.63) is 64.1 Å². The standard InChI is InChI=1S/C14H10BrFN2O2/c15-9-5-8(6-17-7-9)12-13(20-14(19)18-12)10-3-1-2-4-11(10)16/h1-7,12-13H,(H,18,19)/t12?,13-/m1/s1. The van der Waals surface area contributed by atoms with Crippen molar-refractivity contribution < 1.29 is 13.9 Å². The molecule has 20 heavy (non-hydrogen) atoms.